The summed E-state index contributed by atoms with van der Waals surface area (Å²) < 4.78 is 12.4. The summed E-state index contributed by atoms with van der Waals surface area (Å²) >= 11 is 0. The van der Waals surface area contributed by atoms with Crippen molar-refractivity contribution in [2.45, 2.75) is 72.4 Å². The Morgan fingerprint density at radius 2 is 1.45 bits per heavy atom. The maximum Gasteiger partial charge on any atom is 0.408 e. The molecule has 0 bridgehead atoms. The summed E-state index contributed by atoms with van der Waals surface area (Å²) in [6, 6.07) is 16.8. The molecule has 0 radical (unpaired) electrons. The van der Waals surface area contributed by atoms with Gasteiger partial charge < -0.3 is 20.1 Å². The zero-order valence-corrected chi connectivity index (χ0v) is 23.4. The number of hydrogen-bond donors (Lipinski definition) is 2. The predicted molar refractivity (Wildman–Crippen MR) is 148 cm³/mol. The van der Waals surface area contributed by atoms with Gasteiger partial charge in [0.2, 0.25) is 5.91 Å². The van der Waals surface area contributed by atoms with Crippen molar-refractivity contribution in [3.8, 4) is 5.75 Å². The molecule has 40 heavy (non-hydrogen) atoms. The van der Waals surface area contributed by atoms with Crippen molar-refractivity contribution in [1.29, 1.82) is 0 Å². The number of rotatable bonds is 15. The van der Waals surface area contributed by atoms with Crippen molar-refractivity contribution in [3.05, 3.63) is 72.1 Å². The van der Waals surface area contributed by atoms with Gasteiger partial charge in [-0.2, -0.15) is 0 Å². The summed E-state index contributed by atoms with van der Waals surface area (Å²) in [6.45, 7) is 7.85. The highest BCUT2D eigenvalue weighted by Crippen LogP contribution is 2.13. The van der Waals surface area contributed by atoms with Crippen LogP contribution >= 0.6 is 0 Å². The largest absolute Gasteiger partial charge is 0.486 e. The van der Waals surface area contributed by atoms with Gasteiger partial charge in [-0.1, -0.05) is 76.2 Å². The minimum Gasteiger partial charge on any atom is -0.486 e. The van der Waals surface area contributed by atoms with Crippen LogP contribution in [-0.4, -0.2) is 50.1 Å². The third-order valence-corrected chi connectivity index (χ3v) is 5.96. The van der Waals surface area contributed by atoms with Gasteiger partial charge in [0.1, 0.15) is 31.5 Å². The number of tetrazole rings is 1. The Hall–Kier alpha value is -4.28. The molecule has 0 fully saturated rings. The van der Waals surface area contributed by atoms with E-state index in [2.05, 4.69) is 26.2 Å². The van der Waals surface area contributed by atoms with Crippen molar-refractivity contribution >= 4 is 17.8 Å². The highest BCUT2D eigenvalue weighted by Gasteiger charge is 2.29. The van der Waals surface area contributed by atoms with Crippen molar-refractivity contribution in [1.82, 2.24) is 30.8 Å². The van der Waals surface area contributed by atoms with Crippen LogP contribution in [0, 0.1) is 11.8 Å². The number of para-hydroxylation sites is 1. The number of ether oxygens (including phenoxy) is 2. The Labute approximate surface area is 234 Å². The van der Waals surface area contributed by atoms with Gasteiger partial charge in [0.25, 0.3) is 0 Å². The lowest BCUT2D eigenvalue weighted by Gasteiger charge is -2.24. The lowest BCUT2D eigenvalue weighted by molar-refractivity contribution is -0.130. The van der Waals surface area contributed by atoms with Gasteiger partial charge in [-0.25, -0.2) is 9.48 Å². The summed E-state index contributed by atoms with van der Waals surface area (Å²) in [5.41, 5.74) is 0.834. The summed E-state index contributed by atoms with van der Waals surface area (Å²) in [6.07, 6.45) is 0.0891. The fourth-order valence-corrected chi connectivity index (χ4v) is 4.00. The number of carbonyl (C=O) groups is 3. The van der Waals surface area contributed by atoms with E-state index >= 15 is 0 Å². The van der Waals surface area contributed by atoms with Crippen LogP contribution in [0.25, 0.3) is 0 Å². The van der Waals surface area contributed by atoms with Crippen molar-refractivity contribution in [2.75, 3.05) is 0 Å². The van der Waals surface area contributed by atoms with E-state index in [0.717, 1.165) is 5.56 Å². The summed E-state index contributed by atoms with van der Waals surface area (Å²) in [5.74, 6) is 0.555. The molecule has 2 atom stereocenters. The van der Waals surface area contributed by atoms with E-state index in [0.29, 0.717) is 24.4 Å². The third kappa shape index (κ3) is 10.1. The molecule has 1 aromatic heterocycles. The average Bonchev–Trinajstić information content (AvgIpc) is 3.37. The molecule has 2 N–H and O–H groups in total. The summed E-state index contributed by atoms with van der Waals surface area (Å²) in [5, 5.41) is 17.1. The van der Waals surface area contributed by atoms with E-state index in [1.807, 2.05) is 88.4 Å². The second kappa shape index (κ2) is 15.3. The first-order valence-corrected chi connectivity index (χ1v) is 13.4. The van der Waals surface area contributed by atoms with Gasteiger partial charge in [-0.15, -0.1) is 5.10 Å². The fraction of sp³-hybridized carbons (Fsp3) is 0.448. The molecule has 0 aliphatic carbocycles. The van der Waals surface area contributed by atoms with Crippen LogP contribution in [0.2, 0.25) is 0 Å². The molecule has 2 amide bonds. The second-order valence-corrected chi connectivity index (χ2v) is 10.4. The van der Waals surface area contributed by atoms with Crippen LogP contribution < -0.4 is 15.4 Å². The van der Waals surface area contributed by atoms with E-state index in [4.69, 9.17) is 9.47 Å². The summed E-state index contributed by atoms with van der Waals surface area (Å²) in [4.78, 5) is 39.2. The molecule has 1 heterocycles. The molecule has 0 aliphatic rings. The number of benzene rings is 2. The summed E-state index contributed by atoms with van der Waals surface area (Å²) in [7, 11) is 0. The van der Waals surface area contributed by atoms with Crippen LogP contribution in [0.5, 0.6) is 5.75 Å². The van der Waals surface area contributed by atoms with Crippen LogP contribution in [-0.2, 0) is 34.1 Å². The van der Waals surface area contributed by atoms with Crippen molar-refractivity contribution in [3.63, 3.8) is 0 Å². The average molecular weight is 551 g/mol. The first-order valence-electron chi connectivity index (χ1n) is 13.4. The van der Waals surface area contributed by atoms with Crippen molar-refractivity contribution in [2.24, 2.45) is 11.8 Å². The molecule has 3 aromatic rings. The van der Waals surface area contributed by atoms with Crippen molar-refractivity contribution < 1.29 is 23.9 Å². The van der Waals surface area contributed by atoms with Crippen LogP contribution in [0.15, 0.2) is 60.7 Å². The molecule has 0 unspecified atom stereocenters. The Morgan fingerprint density at radius 3 is 2.10 bits per heavy atom. The highest BCUT2D eigenvalue weighted by atomic mass is 16.5. The number of alkyl carbamates (subject to hydrolysis) is 1. The number of amides is 2. The molecular formula is C29H38N6O5. The zero-order valence-electron chi connectivity index (χ0n) is 23.4. The van der Waals surface area contributed by atoms with E-state index in [9.17, 15) is 14.4 Å². The number of carbonyl (C=O) groups excluding carboxylic acids is 3. The highest BCUT2D eigenvalue weighted by molar-refractivity contribution is 5.92. The molecule has 0 saturated carbocycles. The number of Topliss-reactive ketones (excluding diaryl/α,β-unsaturated/α-hetero) is 1. The van der Waals surface area contributed by atoms with Crippen LogP contribution in [0.3, 0.4) is 0 Å². The predicted octanol–water partition coefficient (Wildman–Crippen LogP) is 3.69. The normalized spacial score (nSPS) is 12.6. The Bertz CT molecular complexity index is 1220. The van der Waals surface area contributed by atoms with E-state index in [1.54, 1.807) is 0 Å². The number of nitrogens with zero attached hydrogens (tertiary/aromatic N) is 4. The van der Waals surface area contributed by atoms with Gasteiger partial charge in [0.15, 0.2) is 11.6 Å². The minimum atomic E-state index is -0.867. The third-order valence-electron chi connectivity index (χ3n) is 5.96. The standard InChI is InChI=1S/C29H38N6O5/c1-20(2)15-24(26(36)17-35-27(32-33-34-35)19-39-23-13-9-6-10-14-23)30-28(37)25(16-21(3)4)31-29(38)40-18-22-11-7-5-8-12-22/h5-14,20-21,24-25H,15-19H2,1-4H3,(H,30,37)(H,31,38)/t24-,25-/m0/s1. The monoisotopic (exact) mass is 550 g/mol. The number of hydrogen-bond acceptors (Lipinski definition) is 8. The fourth-order valence-electron chi connectivity index (χ4n) is 4.00. The Morgan fingerprint density at radius 1 is 0.825 bits per heavy atom. The SMILES string of the molecule is CC(C)C[C@H](NC(=O)[C@H](CC(C)C)NC(=O)OCc1ccccc1)C(=O)Cn1nnnc1COc1ccccc1. The molecule has 3 rings (SSSR count). The molecule has 0 aliphatic heterocycles. The van der Waals surface area contributed by atoms with E-state index in [-0.39, 0.29) is 37.4 Å². The molecule has 0 saturated heterocycles. The van der Waals surface area contributed by atoms with Gasteiger partial charge in [0.05, 0.1) is 6.04 Å². The lowest BCUT2D eigenvalue weighted by atomic mass is 9.98. The second-order valence-electron chi connectivity index (χ2n) is 10.4. The lowest BCUT2D eigenvalue weighted by Crippen LogP contribution is -2.52. The first-order chi connectivity index (χ1) is 19.2. The smallest absolute Gasteiger partial charge is 0.408 e. The van der Waals surface area contributed by atoms with Gasteiger partial charge in [-0.3, -0.25) is 9.59 Å². The molecule has 2 aromatic carbocycles. The number of aromatic nitrogens is 4. The van der Waals surface area contributed by atoms with Gasteiger partial charge in [-0.05, 0) is 52.8 Å². The zero-order chi connectivity index (χ0) is 28.9. The molecule has 11 heteroatoms. The van der Waals surface area contributed by atoms with Crippen LogP contribution in [0.4, 0.5) is 4.79 Å². The number of nitrogens with one attached hydrogen (secondary N) is 2. The molecular weight excluding hydrogens is 512 g/mol. The Balaban J connectivity index is 1.63. The molecule has 0 spiro atoms. The Kier molecular flexibility index (Phi) is 11.6. The minimum absolute atomic E-state index is 0.0803. The van der Waals surface area contributed by atoms with Gasteiger partial charge in [0, 0.05) is 0 Å². The number of ketones is 1. The van der Waals surface area contributed by atoms with E-state index < -0.39 is 24.1 Å². The quantitative estimate of drug-likeness (QED) is 0.292. The molecule has 11 nitrogen and oxygen atoms in total. The van der Waals surface area contributed by atoms with E-state index in [1.165, 1.54) is 4.68 Å². The van der Waals surface area contributed by atoms with Gasteiger partial charge >= 0.3 is 6.09 Å². The molecule has 214 valence electrons. The first kappa shape index (κ1) is 30.3. The van der Waals surface area contributed by atoms with Crippen LogP contribution in [0.1, 0.15) is 51.9 Å². The maximum absolute atomic E-state index is 13.4. The maximum atomic E-state index is 13.4. The topological polar surface area (TPSA) is 137 Å².